The summed E-state index contributed by atoms with van der Waals surface area (Å²) in [5.41, 5.74) is -5.42. The van der Waals surface area contributed by atoms with Crippen LogP contribution in [0.25, 0.3) is 0 Å². The number of pyridine rings is 1. The predicted molar refractivity (Wildman–Crippen MR) is 159 cm³/mol. The van der Waals surface area contributed by atoms with Crippen LogP contribution in [0.4, 0.5) is 8.78 Å². The summed E-state index contributed by atoms with van der Waals surface area (Å²) in [6, 6.07) is 8.47. The van der Waals surface area contributed by atoms with Crippen molar-refractivity contribution in [1.82, 2.24) is 15.0 Å². The van der Waals surface area contributed by atoms with Gasteiger partial charge in [0.05, 0.1) is 13.7 Å². The Morgan fingerprint density at radius 1 is 1.13 bits per heavy atom. The van der Waals surface area contributed by atoms with Gasteiger partial charge in [-0.2, -0.15) is 13.5 Å². The number of methoxy groups -OCH3 is 1. The van der Waals surface area contributed by atoms with Crippen molar-refractivity contribution in [2.75, 3.05) is 20.3 Å². The summed E-state index contributed by atoms with van der Waals surface area (Å²) in [5.74, 6) is -1.74. The molecule has 0 aliphatic rings. The molecule has 45 heavy (non-hydrogen) atoms. The average molecular weight is 736 g/mol. The third-order valence-corrected chi connectivity index (χ3v) is 9.33. The normalized spacial score (nSPS) is 12.8. The van der Waals surface area contributed by atoms with Crippen molar-refractivity contribution in [1.29, 1.82) is 0 Å². The fraction of sp³-hybridized carbons (Fsp3) is 0.296. The van der Waals surface area contributed by atoms with E-state index in [9.17, 15) is 36.5 Å². The van der Waals surface area contributed by atoms with Crippen molar-refractivity contribution in [3.63, 3.8) is 0 Å². The van der Waals surface area contributed by atoms with Gasteiger partial charge in [-0.25, -0.2) is 13.2 Å². The van der Waals surface area contributed by atoms with Crippen LogP contribution in [-0.4, -0.2) is 66.5 Å². The van der Waals surface area contributed by atoms with Crippen LogP contribution in [-0.2, 0) is 36.2 Å². The maximum atomic E-state index is 14.3. The second-order valence-corrected chi connectivity index (χ2v) is 13.7. The number of esters is 1. The minimum absolute atomic E-state index is 0.0777. The monoisotopic (exact) mass is 735 g/mol. The van der Waals surface area contributed by atoms with Crippen LogP contribution in [0.1, 0.15) is 34.3 Å². The highest BCUT2D eigenvalue weighted by molar-refractivity contribution is 9.10. The van der Waals surface area contributed by atoms with Gasteiger partial charge in [-0.1, -0.05) is 34.1 Å². The van der Waals surface area contributed by atoms with E-state index in [1.807, 2.05) is 0 Å². The van der Waals surface area contributed by atoms with Crippen molar-refractivity contribution in [3.05, 3.63) is 82.1 Å². The molecule has 0 unspecified atom stereocenters. The Kier molecular flexibility index (Phi) is 12.2. The smallest absolute Gasteiger partial charge is 0.399 e. The molecule has 0 saturated carbocycles. The molecule has 0 aliphatic heterocycles. The van der Waals surface area contributed by atoms with Gasteiger partial charge in [-0.15, -0.1) is 0 Å². The number of hydrogen-bond acceptors (Lipinski definition) is 9. The number of amides is 1. The number of aromatic nitrogens is 1. The van der Waals surface area contributed by atoms with Crippen molar-refractivity contribution in [2.24, 2.45) is 0 Å². The van der Waals surface area contributed by atoms with Crippen LogP contribution in [0.5, 0.6) is 11.5 Å². The number of ether oxygens (including phenoxy) is 2. The third-order valence-electron chi connectivity index (χ3n) is 6.24. The lowest BCUT2D eigenvalue weighted by atomic mass is 10.0. The fourth-order valence-electron chi connectivity index (χ4n) is 3.96. The van der Waals surface area contributed by atoms with Gasteiger partial charge in [0.1, 0.15) is 28.0 Å². The van der Waals surface area contributed by atoms with Crippen LogP contribution in [0, 0.1) is 0 Å². The summed E-state index contributed by atoms with van der Waals surface area (Å²) in [6.07, 6.45) is 2.85. The number of sulfonamides is 1. The first-order valence-corrected chi connectivity index (χ1v) is 16.9. The summed E-state index contributed by atoms with van der Waals surface area (Å²) < 4.78 is 78.0. The fourth-order valence-corrected chi connectivity index (χ4v) is 6.46. The van der Waals surface area contributed by atoms with E-state index in [0.29, 0.717) is 12.8 Å². The molecule has 0 saturated heterocycles. The van der Waals surface area contributed by atoms with Gasteiger partial charge in [0.15, 0.2) is 0 Å². The van der Waals surface area contributed by atoms with E-state index in [4.69, 9.17) is 14.5 Å². The van der Waals surface area contributed by atoms with Crippen molar-refractivity contribution >= 4 is 45.4 Å². The van der Waals surface area contributed by atoms with Gasteiger partial charge in [0, 0.05) is 29.0 Å². The number of nitrogens with one attached hydrogen (secondary N) is 2. The Morgan fingerprint density at radius 2 is 1.87 bits per heavy atom. The van der Waals surface area contributed by atoms with Crippen LogP contribution in [0.15, 0.2) is 70.3 Å². The number of nitrogens with zero attached hydrogens (tertiary/aromatic N) is 1. The molecule has 3 aromatic rings. The summed E-state index contributed by atoms with van der Waals surface area (Å²) >= 11 is 2.88. The molecule has 0 fully saturated rings. The molecule has 0 spiro atoms. The van der Waals surface area contributed by atoms with E-state index in [1.165, 1.54) is 36.5 Å². The van der Waals surface area contributed by atoms with E-state index in [2.05, 4.69) is 35.7 Å². The maximum absolute atomic E-state index is 14.3. The van der Waals surface area contributed by atoms with E-state index >= 15 is 0 Å². The van der Waals surface area contributed by atoms with E-state index in [0.717, 1.165) is 31.5 Å². The van der Waals surface area contributed by atoms with Gasteiger partial charge >= 0.3 is 19.2 Å². The standard InChI is InChI=1S/C27H29BrF2N3O10PS/c1-42-26(36)24-22(34)7-4-8-23(24)43-13-3-2-12-32-25(35)21(33-45(40,41)18-6-5-11-31-16-18)15-17-9-10-19(20(28)14-17)27(29,30)44(37,38)39/h4-11,14,16,21,33-34H,2-3,12-13,15H2,1H3,(H,32,35)(H2,37,38,39)/t21-/m0/s1. The SMILES string of the molecule is COC(=O)c1c(O)cccc1OCCCCNC(=O)[C@H](Cc1ccc(C(F)(F)P(=O)(O)O)c(Br)c1)NS(=O)(=O)c1cccnc1. The number of phenols is 1. The first-order chi connectivity index (χ1) is 21.1. The van der Waals surface area contributed by atoms with Crippen LogP contribution in [0.3, 0.4) is 0 Å². The quantitative estimate of drug-likeness (QED) is 0.0870. The summed E-state index contributed by atoms with van der Waals surface area (Å²) in [6.45, 7) is 0.175. The Labute approximate surface area is 265 Å². The molecule has 5 N–H and O–H groups in total. The average Bonchev–Trinajstić information content (AvgIpc) is 2.97. The zero-order valence-electron chi connectivity index (χ0n) is 23.5. The van der Waals surface area contributed by atoms with Crippen molar-refractivity contribution < 1.29 is 55.7 Å². The van der Waals surface area contributed by atoms with Gasteiger partial charge in [-0.05, 0) is 55.2 Å². The van der Waals surface area contributed by atoms with Gasteiger partial charge in [0.2, 0.25) is 15.9 Å². The Hall–Kier alpha value is -3.47. The van der Waals surface area contributed by atoms with Crippen LogP contribution in [0.2, 0.25) is 0 Å². The highest BCUT2D eigenvalue weighted by Gasteiger charge is 2.51. The molecule has 3 rings (SSSR count). The number of hydrogen-bond donors (Lipinski definition) is 5. The molecule has 2 aromatic carbocycles. The number of phenolic OH excluding ortho intramolecular Hbond substituents is 1. The second-order valence-electron chi connectivity index (χ2n) is 9.45. The molecule has 1 heterocycles. The molecule has 0 bridgehead atoms. The summed E-state index contributed by atoms with van der Waals surface area (Å²) in [7, 11) is -8.95. The highest BCUT2D eigenvalue weighted by atomic mass is 79.9. The lowest BCUT2D eigenvalue weighted by Gasteiger charge is -2.21. The first kappa shape index (κ1) is 36.0. The Morgan fingerprint density at radius 3 is 2.49 bits per heavy atom. The maximum Gasteiger partial charge on any atom is 0.399 e. The molecule has 18 heteroatoms. The second kappa shape index (κ2) is 15.2. The van der Waals surface area contributed by atoms with Gasteiger partial charge < -0.3 is 29.7 Å². The minimum atomic E-state index is -5.85. The van der Waals surface area contributed by atoms with Crippen molar-refractivity contribution in [3.8, 4) is 11.5 Å². The molecule has 0 radical (unpaired) electrons. The topological polar surface area (TPSA) is 201 Å². The lowest BCUT2D eigenvalue weighted by Crippen LogP contribution is -2.48. The zero-order chi connectivity index (χ0) is 33.4. The molecule has 1 amide bonds. The molecule has 1 atom stereocenters. The van der Waals surface area contributed by atoms with E-state index in [1.54, 1.807) is 0 Å². The number of carbonyl (C=O) groups is 2. The zero-order valence-corrected chi connectivity index (χ0v) is 26.8. The molecule has 244 valence electrons. The number of carbonyl (C=O) groups excluding carboxylic acids is 2. The third kappa shape index (κ3) is 9.28. The number of alkyl halides is 2. The predicted octanol–water partition coefficient (Wildman–Crippen LogP) is 3.43. The Bertz CT molecular complexity index is 1680. The number of unbranched alkanes of at least 4 members (excludes halogenated alkanes) is 1. The lowest BCUT2D eigenvalue weighted by molar-refractivity contribution is -0.122. The first-order valence-electron chi connectivity index (χ1n) is 13.0. The van der Waals surface area contributed by atoms with Gasteiger partial charge in [-0.3, -0.25) is 14.3 Å². The van der Waals surface area contributed by atoms with Gasteiger partial charge in [0.25, 0.3) is 0 Å². The number of benzene rings is 2. The number of aromatic hydroxyl groups is 1. The van der Waals surface area contributed by atoms with Crippen LogP contribution < -0.4 is 14.8 Å². The number of halogens is 3. The minimum Gasteiger partial charge on any atom is -0.507 e. The van der Waals surface area contributed by atoms with E-state index in [-0.39, 0.29) is 51.6 Å². The van der Waals surface area contributed by atoms with E-state index < -0.39 is 46.8 Å². The largest absolute Gasteiger partial charge is 0.507 e. The highest BCUT2D eigenvalue weighted by Crippen LogP contribution is 2.60. The van der Waals surface area contributed by atoms with Crippen molar-refractivity contribution in [2.45, 2.75) is 35.9 Å². The summed E-state index contributed by atoms with van der Waals surface area (Å²) in [5, 5.41) is 12.6. The Balaban J connectivity index is 1.70. The molecule has 13 nitrogen and oxygen atoms in total. The molecular weight excluding hydrogens is 707 g/mol. The van der Waals surface area contributed by atoms with Crippen LogP contribution >= 0.6 is 23.5 Å². The molecule has 0 aliphatic carbocycles. The summed E-state index contributed by atoms with van der Waals surface area (Å²) in [4.78, 5) is 46.8. The number of rotatable bonds is 15. The molecular formula is C27H29BrF2N3O10PS. The molecule has 1 aromatic heterocycles.